The van der Waals surface area contributed by atoms with Crippen molar-refractivity contribution in [2.45, 2.75) is 18.7 Å². The largest absolute Gasteiger partial charge is 0.465 e. The van der Waals surface area contributed by atoms with Crippen molar-refractivity contribution in [3.8, 4) is 0 Å². The van der Waals surface area contributed by atoms with Crippen LogP contribution in [0.15, 0.2) is 28.6 Å². The molecule has 0 radical (unpaired) electrons. The van der Waals surface area contributed by atoms with Crippen LogP contribution >= 0.6 is 11.3 Å². The number of sulfonamides is 1. The van der Waals surface area contributed by atoms with Crippen LogP contribution in [0.1, 0.15) is 20.9 Å². The minimum Gasteiger partial charge on any atom is -0.465 e. The van der Waals surface area contributed by atoms with E-state index >= 15 is 0 Å². The third-order valence-corrected chi connectivity index (χ3v) is 5.48. The molecule has 0 bridgehead atoms. The molecule has 0 spiro atoms. The molecule has 0 amide bonds. The molecule has 0 aromatic carbocycles. The summed E-state index contributed by atoms with van der Waals surface area (Å²) in [6.07, 6.45) is 1.51. The van der Waals surface area contributed by atoms with Gasteiger partial charge in [-0.25, -0.2) is 13.2 Å². The van der Waals surface area contributed by atoms with Crippen LogP contribution in [0.5, 0.6) is 0 Å². The van der Waals surface area contributed by atoms with E-state index in [-0.39, 0.29) is 9.77 Å². The number of nitrogens with zero attached hydrogens (tertiary/aromatic N) is 1. The molecule has 0 aliphatic heterocycles. The Morgan fingerprint density at radius 2 is 2.10 bits per heavy atom. The molecule has 2 aromatic heterocycles. The molecule has 1 N–H and O–H groups in total. The molecule has 2 heterocycles. The van der Waals surface area contributed by atoms with E-state index in [0.29, 0.717) is 16.9 Å². The molecular weight excluding hydrogens is 312 g/mol. The number of aromatic nitrogens is 1. The van der Waals surface area contributed by atoms with Gasteiger partial charge in [0.05, 0.1) is 12.8 Å². The maximum atomic E-state index is 12.5. The van der Waals surface area contributed by atoms with Crippen LogP contribution in [-0.2, 0) is 14.8 Å². The fourth-order valence-corrected chi connectivity index (χ4v) is 4.57. The molecule has 0 unspecified atom stereocenters. The Morgan fingerprint density at radius 3 is 2.71 bits per heavy atom. The lowest BCUT2D eigenvalue weighted by atomic mass is 10.3. The second kappa shape index (κ2) is 5.82. The van der Waals surface area contributed by atoms with Crippen LogP contribution < -0.4 is 4.72 Å². The quantitative estimate of drug-likeness (QED) is 0.872. The highest BCUT2D eigenvalue weighted by Crippen LogP contribution is 2.29. The van der Waals surface area contributed by atoms with E-state index in [9.17, 15) is 13.2 Å². The van der Waals surface area contributed by atoms with Gasteiger partial charge in [0.15, 0.2) is 0 Å². The van der Waals surface area contributed by atoms with Crippen LogP contribution in [0.3, 0.4) is 0 Å². The Hall–Kier alpha value is -1.93. The summed E-state index contributed by atoms with van der Waals surface area (Å²) in [5.41, 5.74) is 1.58. The number of nitrogens with one attached hydrogen (secondary N) is 1. The minimum absolute atomic E-state index is 0.0474. The smallest absolute Gasteiger partial charge is 0.349 e. The predicted octanol–water partition coefficient (Wildman–Crippen LogP) is 2.35. The Bertz CT molecular complexity index is 781. The van der Waals surface area contributed by atoms with E-state index in [0.717, 1.165) is 11.3 Å². The minimum atomic E-state index is -3.87. The summed E-state index contributed by atoms with van der Waals surface area (Å²) < 4.78 is 32.1. The van der Waals surface area contributed by atoms with Crippen molar-refractivity contribution in [1.82, 2.24) is 4.98 Å². The lowest BCUT2D eigenvalue weighted by Gasteiger charge is -2.09. The van der Waals surface area contributed by atoms with Gasteiger partial charge in [0.1, 0.15) is 9.77 Å². The Balaban J connectivity index is 2.45. The van der Waals surface area contributed by atoms with Gasteiger partial charge in [-0.15, -0.1) is 11.3 Å². The predicted molar refractivity (Wildman–Crippen MR) is 80.2 cm³/mol. The topological polar surface area (TPSA) is 85.4 Å². The highest BCUT2D eigenvalue weighted by atomic mass is 32.2. The summed E-state index contributed by atoms with van der Waals surface area (Å²) in [6, 6.07) is 3.15. The third-order valence-electron chi connectivity index (χ3n) is 2.71. The number of pyridine rings is 1. The summed E-state index contributed by atoms with van der Waals surface area (Å²) in [5.74, 6) is -0.667. The molecule has 0 atom stereocenters. The zero-order valence-electron chi connectivity index (χ0n) is 11.7. The summed E-state index contributed by atoms with van der Waals surface area (Å²) in [4.78, 5) is 15.7. The van der Waals surface area contributed by atoms with E-state index in [1.807, 2.05) is 0 Å². The average Bonchev–Trinajstić information content (AvgIpc) is 2.80. The number of hydrogen-bond donors (Lipinski definition) is 1. The first-order chi connectivity index (χ1) is 9.85. The van der Waals surface area contributed by atoms with Crippen LogP contribution in [0.4, 0.5) is 5.69 Å². The fraction of sp³-hybridized carbons (Fsp3) is 0.231. The zero-order chi connectivity index (χ0) is 15.6. The number of carbonyl (C=O) groups is 1. The van der Waals surface area contributed by atoms with E-state index in [1.54, 1.807) is 31.4 Å². The second-order valence-corrected chi connectivity index (χ2v) is 6.86. The maximum absolute atomic E-state index is 12.5. The van der Waals surface area contributed by atoms with Crippen LogP contribution in [-0.4, -0.2) is 26.5 Å². The van der Waals surface area contributed by atoms with Crippen molar-refractivity contribution in [3.05, 3.63) is 39.8 Å². The van der Waals surface area contributed by atoms with Crippen molar-refractivity contribution in [3.63, 3.8) is 0 Å². The first-order valence-electron chi connectivity index (χ1n) is 5.97. The van der Waals surface area contributed by atoms with Gasteiger partial charge in [-0.2, -0.15) is 0 Å². The van der Waals surface area contributed by atoms with Crippen LogP contribution in [0, 0.1) is 13.8 Å². The lowest BCUT2D eigenvalue weighted by molar-refractivity contribution is 0.0602. The van der Waals surface area contributed by atoms with Crippen molar-refractivity contribution in [1.29, 1.82) is 0 Å². The molecule has 2 aromatic rings. The van der Waals surface area contributed by atoms with Gasteiger partial charge in [-0.1, -0.05) is 0 Å². The van der Waals surface area contributed by atoms with Gasteiger partial charge >= 0.3 is 5.97 Å². The number of hydrogen-bond acceptors (Lipinski definition) is 6. The van der Waals surface area contributed by atoms with Gasteiger partial charge in [0, 0.05) is 11.9 Å². The molecule has 0 saturated heterocycles. The molecule has 8 heteroatoms. The van der Waals surface area contributed by atoms with E-state index in [4.69, 9.17) is 0 Å². The number of carbonyl (C=O) groups excluding carboxylic acids is 1. The molecule has 0 fully saturated rings. The number of esters is 1. The SMILES string of the molecule is COC(=O)c1scc(C)c1S(=O)(=O)Nc1ccnc(C)c1. The normalized spacial score (nSPS) is 11.2. The van der Waals surface area contributed by atoms with E-state index < -0.39 is 16.0 Å². The van der Waals surface area contributed by atoms with E-state index in [2.05, 4.69) is 14.4 Å². The molecule has 21 heavy (non-hydrogen) atoms. The number of thiophene rings is 1. The maximum Gasteiger partial charge on any atom is 0.349 e. The number of aryl methyl sites for hydroxylation is 2. The summed E-state index contributed by atoms with van der Waals surface area (Å²) >= 11 is 1.04. The highest BCUT2D eigenvalue weighted by molar-refractivity contribution is 7.93. The van der Waals surface area contributed by atoms with E-state index in [1.165, 1.54) is 13.3 Å². The van der Waals surface area contributed by atoms with Crippen molar-refractivity contribution in [2.75, 3.05) is 11.8 Å². The standard InChI is InChI=1S/C13H14N2O4S2/c1-8-7-20-11(13(16)19-3)12(8)21(17,18)15-10-4-5-14-9(2)6-10/h4-7H,1-3H3,(H,14,15). The number of ether oxygens (including phenoxy) is 1. The molecular formula is C13H14N2O4S2. The van der Waals surface area contributed by atoms with Crippen molar-refractivity contribution < 1.29 is 17.9 Å². The summed E-state index contributed by atoms with van der Waals surface area (Å²) in [6.45, 7) is 3.39. The van der Waals surface area contributed by atoms with Crippen LogP contribution in [0.2, 0.25) is 0 Å². The number of anilines is 1. The molecule has 2 rings (SSSR count). The van der Waals surface area contributed by atoms with Gasteiger partial charge in [-0.3, -0.25) is 9.71 Å². The third kappa shape index (κ3) is 3.22. The summed E-state index contributed by atoms with van der Waals surface area (Å²) in [5, 5.41) is 1.61. The number of rotatable bonds is 4. The van der Waals surface area contributed by atoms with Gasteiger partial charge in [0.25, 0.3) is 10.0 Å². The van der Waals surface area contributed by atoms with Gasteiger partial charge in [-0.05, 0) is 36.9 Å². The van der Waals surface area contributed by atoms with Gasteiger partial charge in [0.2, 0.25) is 0 Å². The monoisotopic (exact) mass is 326 g/mol. The van der Waals surface area contributed by atoms with Crippen LogP contribution in [0.25, 0.3) is 0 Å². The molecule has 0 saturated carbocycles. The lowest BCUT2D eigenvalue weighted by Crippen LogP contribution is -2.17. The Labute approximate surface area is 126 Å². The molecule has 0 aliphatic rings. The fourth-order valence-electron chi connectivity index (χ4n) is 1.82. The Morgan fingerprint density at radius 1 is 1.38 bits per heavy atom. The molecule has 112 valence electrons. The first-order valence-corrected chi connectivity index (χ1v) is 8.33. The second-order valence-electron chi connectivity index (χ2n) is 4.36. The van der Waals surface area contributed by atoms with Crippen molar-refractivity contribution in [2.24, 2.45) is 0 Å². The first kappa shape index (κ1) is 15.5. The molecule has 0 aliphatic carbocycles. The highest BCUT2D eigenvalue weighted by Gasteiger charge is 2.27. The number of methoxy groups -OCH3 is 1. The average molecular weight is 326 g/mol. The summed E-state index contributed by atoms with van der Waals surface area (Å²) in [7, 11) is -2.66. The zero-order valence-corrected chi connectivity index (χ0v) is 13.3. The van der Waals surface area contributed by atoms with Gasteiger partial charge < -0.3 is 4.74 Å². The Kier molecular flexibility index (Phi) is 4.29. The van der Waals surface area contributed by atoms with Crippen molar-refractivity contribution >= 4 is 33.0 Å². The molecule has 6 nitrogen and oxygen atoms in total.